The van der Waals surface area contributed by atoms with Gasteiger partial charge in [0.15, 0.2) is 0 Å². The zero-order valence-corrected chi connectivity index (χ0v) is 13.5. The zero-order chi connectivity index (χ0) is 15.3. The van der Waals surface area contributed by atoms with Gasteiger partial charge in [-0.3, -0.25) is 4.79 Å². The molecule has 2 heterocycles. The predicted octanol–water partition coefficient (Wildman–Crippen LogP) is 0.728. The molecule has 3 N–H and O–H groups in total. The van der Waals surface area contributed by atoms with E-state index in [1.165, 1.54) is 6.42 Å². The van der Waals surface area contributed by atoms with Crippen LogP contribution in [0.3, 0.4) is 0 Å². The molecule has 0 saturated carbocycles. The first-order chi connectivity index (χ1) is 10.00. The van der Waals surface area contributed by atoms with Crippen LogP contribution in [-0.4, -0.2) is 60.3 Å². The lowest BCUT2D eigenvalue weighted by molar-refractivity contribution is -0.123. The summed E-state index contributed by atoms with van der Waals surface area (Å²) >= 11 is 0. The second-order valence-electron chi connectivity index (χ2n) is 6.99. The van der Waals surface area contributed by atoms with Crippen molar-refractivity contribution in [3.8, 4) is 0 Å². The fourth-order valence-corrected chi connectivity index (χ4v) is 3.33. The van der Waals surface area contributed by atoms with Gasteiger partial charge in [0.25, 0.3) is 0 Å². The van der Waals surface area contributed by atoms with Crippen LogP contribution in [0.1, 0.15) is 46.0 Å². The summed E-state index contributed by atoms with van der Waals surface area (Å²) in [5.74, 6) is 0.668. The maximum Gasteiger partial charge on any atom is 0.237 e. The average molecular weight is 297 g/mol. The maximum atomic E-state index is 12.0. The van der Waals surface area contributed by atoms with E-state index in [0.29, 0.717) is 5.92 Å². The van der Waals surface area contributed by atoms with Crippen LogP contribution >= 0.6 is 0 Å². The van der Waals surface area contributed by atoms with Crippen LogP contribution in [0.25, 0.3) is 0 Å². The minimum absolute atomic E-state index is 0.0190. The second-order valence-corrected chi connectivity index (χ2v) is 6.99. The molecule has 0 aromatic heterocycles. The van der Waals surface area contributed by atoms with Gasteiger partial charge < -0.3 is 20.6 Å². The zero-order valence-electron chi connectivity index (χ0n) is 13.5. The third kappa shape index (κ3) is 5.24. The number of carbonyl (C=O) groups excluding carboxylic acids is 1. The summed E-state index contributed by atoms with van der Waals surface area (Å²) in [6.45, 7) is 8.43. The van der Waals surface area contributed by atoms with Gasteiger partial charge in [0.1, 0.15) is 0 Å². The number of nitrogens with one attached hydrogen (secondary N) is 2. The van der Waals surface area contributed by atoms with E-state index in [4.69, 9.17) is 0 Å². The largest absolute Gasteiger partial charge is 0.389 e. The quantitative estimate of drug-likeness (QED) is 0.676. The third-order valence-corrected chi connectivity index (χ3v) is 4.87. The van der Waals surface area contributed by atoms with E-state index in [2.05, 4.69) is 15.5 Å². The molecule has 0 spiro atoms. The number of carbonyl (C=O) groups is 1. The number of piperidine rings is 1. The van der Waals surface area contributed by atoms with Crippen molar-refractivity contribution < 1.29 is 9.90 Å². The highest BCUT2D eigenvalue weighted by atomic mass is 16.3. The summed E-state index contributed by atoms with van der Waals surface area (Å²) < 4.78 is 0. The van der Waals surface area contributed by atoms with Crippen molar-refractivity contribution >= 4 is 5.91 Å². The number of aliphatic hydroxyl groups is 1. The predicted molar refractivity (Wildman–Crippen MR) is 84.1 cm³/mol. The highest BCUT2D eigenvalue weighted by molar-refractivity contribution is 5.81. The summed E-state index contributed by atoms with van der Waals surface area (Å²) in [4.78, 5) is 14.4. The SMILES string of the molecule is CCC(C)(O)CN1CCCC(CNC(=O)C2CCCN2)C1. The molecule has 2 saturated heterocycles. The molecule has 5 nitrogen and oxygen atoms in total. The van der Waals surface area contributed by atoms with E-state index in [1.807, 2.05) is 13.8 Å². The van der Waals surface area contributed by atoms with Gasteiger partial charge in [0.2, 0.25) is 5.91 Å². The van der Waals surface area contributed by atoms with Crippen LogP contribution in [0.2, 0.25) is 0 Å². The molecular formula is C16H31N3O2. The molecule has 2 aliphatic rings. The molecule has 0 aromatic carbocycles. The van der Waals surface area contributed by atoms with Gasteiger partial charge >= 0.3 is 0 Å². The molecule has 0 bridgehead atoms. The molecule has 1 amide bonds. The van der Waals surface area contributed by atoms with E-state index in [9.17, 15) is 9.90 Å². The Morgan fingerprint density at radius 1 is 1.43 bits per heavy atom. The summed E-state index contributed by atoms with van der Waals surface area (Å²) in [5.41, 5.74) is -0.598. The molecule has 3 unspecified atom stereocenters. The second kappa shape index (κ2) is 7.56. The van der Waals surface area contributed by atoms with Crippen LogP contribution < -0.4 is 10.6 Å². The van der Waals surface area contributed by atoms with Crippen LogP contribution in [0.4, 0.5) is 0 Å². The number of hydrogen-bond acceptors (Lipinski definition) is 4. The average Bonchev–Trinajstić information content (AvgIpc) is 2.99. The first-order valence-corrected chi connectivity index (χ1v) is 8.46. The Kier molecular flexibility index (Phi) is 6.02. The monoisotopic (exact) mass is 297 g/mol. The van der Waals surface area contributed by atoms with Crippen molar-refractivity contribution in [2.75, 3.05) is 32.7 Å². The molecule has 0 aliphatic carbocycles. The lowest BCUT2D eigenvalue weighted by Crippen LogP contribution is -2.48. The fourth-order valence-electron chi connectivity index (χ4n) is 3.33. The normalized spacial score (nSPS) is 30.0. The van der Waals surface area contributed by atoms with E-state index in [1.54, 1.807) is 0 Å². The maximum absolute atomic E-state index is 12.0. The van der Waals surface area contributed by atoms with Crippen LogP contribution in [0.5, 0.6) is 0 Å². The lowest BCUT2D eigenvalue weighted by Gasteiger charge is -2.37. The van der Waals surface area contributed by atoms with Crippen molar-refractivity contribution in [3.05, 3.63) is 0 Å². The van der Waals surface area contributed by atoms with Gasteiger partial charge in [-0.1, -0.05) is 6.92 Å². The highest BCUT2D eigenvalue weighted by Gasteiger charge is 2.27. The van der Waals surface area contributed by atoms with Gasteiger partial charge in [-0.05, 0) is 58.0 Å². The van der Waals surface area contributed by atoms with E-state index >= 15 is 0 Å². The van der Waals surface area contributed by atoms with Crippen LogP contribution in [-0.2, 0) is 4.79 Å². The highest BCUT2D eigenvalue weighted by Crippen LogP contribution is 2.19. The molecule has 3 atom stereocenters. The third-order valence-electron chi connectivity index (χ3n) is 4.87. The minimum atomic E-state index is -0.598. The standard InChI is InChI=1S/C16H31N3O2/c1-3-16(2,21)12-19-9-5-6-13(11-19)10-18-15(20)14-7-4-8-17-14/h13-14,17,21H,3-12H2,1-2H3,(H,18,20). The molecule has 21 heavy (non-hydrogen) atoms. The Balaban J connectivity index is 1.72. The molecular weight excluding hydrogens is 266 g/mol. The Morgan fingerprint density at radius 2 is 2.24 bits per heavy atom. The first kappa shape index (κ1) is 16.7. The van der Waals surface area contributed by atoms with Gasteiger partial charge in [-0.25, -0.2) is 0 Å². The van der Waals surface area contributed by atoms with Crippen molar-refractivity contribution in [3.63, 3.8) is 0 Å². The number of hydrogen-bond donors (Lipinski definition) is 3. The molecule has 0 radical (unpaired) electrons. The van der Waals surface area contributed by atoms with E-state index in [-0.39, 0.29) is 11.9 Å². The molecule has 2 aliphatic heterocycles. The van der Waals surface area contributed by atoms with Crippen LogP contribution in [0, 0.1) is 5.92 Å². The summed E-state index contributed by atoms with van der Waals surface area (Å²) in [6.07, 6.45) is 5.16. The number of likely N-dealkylation sites (tertiary alicyclic amines) is 1. The number of nitrogens with zero attached hydrogens (tertiary/aromatic N) is 1. The smallest absolute Gasteiger partial charge is 0.237 e. The van der Waals surface area contributed by atoms with Gasteiger partial charge in [-0.15, -0.1) is 0 Å². The Morgan fingerprint density at radius 3 is 2.90 bits per heavy atom. The Labute approximate surface area is 128 Å². The van der Waals surface area contributed by atoms with Gasteiger partial charge in [-0.2, -0.15) is 0 Å². The van der Waals surface area contributed by atoms with Gasteiger partial charge in [0.05, 0.1) is 11.6 Å². The van der Waals surface area contributed by atoms with E-state index < -0.39 is 5.60 Å². The van der Waals surface area contributed by atoms with E-state index in [0.717, 1.165) is 58.4 Å². The summed E-state index contributed by atoms with van der Waals surface area (Å²) in [5, 5.41) is 16.5. The molecule has 122 valence electrons. The van der Waals surface area contributed by atoms with Crippen molar-refractivity contribution in [1.29, 1.82) is 0 Å². The molecule has 2 fully saturated rings. The fraction of sp³-hybridized carbons (Fsp3) is 0.938. The van der Waals surface area contributed by atoms with Crippen LogP contribution in [0.15, 0.2) is 0 Å². The van der Waals surface area contributed by atoms with Crippen molar-refractivity contribution in [2.24, 2.45) is 5.92 Å². The molecule has 2 rings (SSSR count). The first-order valence-electron chi connectivity index (χ1n) is 8.46. The minimum Gasteiger partial charge on any atom is -0.389 e. The topological polar surface area (TPSA) is 64.6 Å². The Bertz CT molecular complexity index is 340. The Hall–Kier alpha value is -0.650. The number of β-amino-alcohol motifs (C(OH)–C–C–N with tert-alkyl or cyclic N) is 1. The number of amides is 1. The summed E-state index contributed by atoms with van der Waals surface area (Å²) in [7, 11) is 0. The number of rotatable bonds is 6. The molecule has 5 heteroatoms. The van der Waals surface area contributed by atoms with Gasteiger partial charge in [0, 0.05) is 19.6 Å². The van der Waals surface area contributed by atoms with Crippen molar-refractivity contribution in [2.45, 2.75) is 57.6 Å². The summed E-state index contributed by atoms with van der Waals surface area (Å²) in [6, 6.07) is 0.0190. The molecule has 0 aromatic rings. The van der Waals surface area contributed by atoms with Crippen molar-refractivity contribution in [1.82, 2.24) is 15.5 Å². The lowest BCUT2D eigenvalue weighted by atomic mass is 9.95.